The molecule has 2 aromatic carbocycles. The molecule has 1 aliphatic rings. The van der Waals surface area contributed by atoms with Gasteiger partial charge in [-0.1, -0.05) is 54.6 Å². The normalized spacial score (nSPS) is 12.4. The van der Waals surface area contributed by atoms with Gasteiger partial charge in [-0.2, -0.15) is 0 Å². The first-order valence-corrected chi connectivity index (χ1v) is 8.97. The van der Waals surface area contributed by atoms with Gasteiger partial charge >= 0.3 is 6.09 Å². The van der Waals surface area contributed by atoms with Crippen molar-refractivity contribution in [3.8, 4) is 11.1 Å². The standard InChI is InChI=1S/C22H25NO2/c1-3-5-10-15-23(4-2)22(24)25-16-21-19-13-8-6-11-17(19)18-12-7-9-14-20(18)21/h3,6-9,11-14,21H,1,4-5,10,15-16H2,2H3. The zero-order valence-electron chi connectivity index (χ0n) is 14.8. The third kappa shape index (κ3) is 3.60. The summed E-state index contributed by atoms with van der Waals surface area (Å²) >= 11 is 0. The van der Waals surface area contributed by atoms with Crippen LogP contribution in [0.25, 0.3) is 11.1 Å². The fourth-order valence-electron chi connectivity index (χ4n) is 3.49. The van der Waals surface area contributed by atoms with Crippen molar-refractivity contribution in [3.63, 3.8) is 0 Å². The summed E-state index contributed by atoms with van der Waals surface area (Å²) in [4.78, 5) is 14.2. The summed E-state index contributed by atoms with van der Waals surface area (Å²) < 4.78 is 5.68. The van der Waals surface area contributed by atoms with Crippen LogP contribution in [0.15, 0.2) is 61.2 Å². The van der Waals surface area contributed by atoms with Crippen molar-refractivity contribution in [2.24, 2.45) is 0 Å². The number of hydrogen-bond donors (Lipinski definition) is 0. The molecule has 0 aliphatic heterocycles. The van der Waals surface area contributed by atoms with Crippen LogP contribution in [-0.4, -0.2) is 30.7 Å². The predicted molar refractivity (Wildman–Crippen MR) is 102 cm³/mol. The smallest absolute Gasteiger partial charge is 0.409 e. The fourth-order valence-corrected chi connectivity index (χ4v) is 3.49. The summed E-state index contributed by atoms with van der Waals surface area (Å²) in [5, 5.41) is 0. The highest BCUT2D eigenvalue weighted by Gasteiger charge is 2.29. The minimum absolute atomic E-state index is 0.114. The maximum atomic E-state index is 12.4. The Morgan fingerprint density at radius 2 is 1.72 bits per heavy atom. The number of amides is 1. The van der Waals surface area contributed by atoms with Gasteiger partial charge < -0.3 is 9.64 Å². The second-order valence-corrected chi connectivity index (χ2v) is 6.31. The van der Waals surface area contributed by atoms with Gasteiger partial charge in [0.2, 0.25) is 0 Å². The maximum absolute atomic E-state index is 12.4. The Morgan fingerprint density at radius 1 is 1.12 bits per heavy atom. The van der Waals surface area contributed by atoms with Crippen LogP contribution in [0.1, 0.15) is 36.8 Å². The quantitative estimate of drug-likeness (QED) is 0.512. The molecule has 0 unspecified atom stereocenters. The van der Waals surface area contributed by atoms with E-state index in [4.69, 9.17) is 4.74 Å². The summed E-state index contributed by atoms with van der Waals surface area (Å²) in [6.45, 7) is 7.45. The molecule has 0 spiro atoms. The highest BCUT2D eigenvalue weighted by molar-refractivity contribution is 5.79. The number of rotatable bonds is 7. The number of unbranched alkanes of at least 4 members (excludes halogenated alkanes) is 1. The number of allylic oxidation sites excluding steroid dienone is 1. The molecule has 3 nitrogen and oxygen atoms in total. The molecule has 0 atom stereocenters. The monoisotopic (exact) mass is 335 g/mol. The zero-order chi connectivity index (χ0) is 17.6. The molecule has 0 bridgehead atoms. The molecule has 3 rings (SSSR count). The van der Waals surface area contributed by atoms with Crippen molar-refractivity contribution in [1.29, 1.82) is 0 Å². The van der Waals surface area contributed by atoms with Crippen LogP contribution in [-0.2, 0) is 4.74 Å². The van der Waals surface area contributed by atoms with Gasteiger partial charge in [-0.25, -0.2) is 4.79 Å². The van der Waals surface area contributed by atoms with E-state index >= 15 is 0 Å². The highest BCUT2D eigenvalue weighted by atomic mass is 16.6. The van der Waals surface area contributed by atoms with E-state index in [1.54, 1.807) is 4.90 Å². The minimum Gasteiger partial charge on any atom is -0.448 e. The van der Waals surface area contributed by atoms with E-state index in [-0.39, 0.29) is 12.0 Å². The Bertz CT molecular complexity index is 708. The van der Waals surface area contributed by atoms with Crippen LogP contribution in [0.2, 0.25) is 0 Å². The molecule has 130 valence electrons. The van der Waals surface area contributed by atoms with E-state index in [1.165, 1.54) is 22.3 Å². The molecule has 0 aromatic heterocycles. The van der Waals surface area contributed by atoms with E-state index < -0.39 is 0 Å². The van der Waals surface area contributed by atoms with Crippen LogP contribution in [0.5, 0.6) is 0 Å². The summed E-state index contributed by atoms with van der Waals surface area (Å²) in [7, 11) is 0. The number of carbonyl (C=O) groups excluding carboxylic acids is 1. The topological polar surface area (TPSA) is 29.5 Å². The lowest BCUT2D eigenvalue weighted by Crippen LogP contribution is -2.33. The van der Waals surface area contributed by atoms with Crippen molar-refractivity contribution in [3.05, 3.63) is 72.3 Å². The molecule has 0 saturated carbocycles. The third-order valence-corrected chi connectivity index (χ3v) is 4.81. The number of nitrogens with zero attached hydrogens (tertiary/aromatic N) is 1. The van der Waals surface area contributed by atoms with E-state index in [0.717, 1.165) is 12.8 Å². The molecule has 1 amide bonds. The molecule has 2 aromatic rings. The average Bonchev–Trinajstić information content (AvgIpc) is 2.97. The second kappa shape index (κ2) is 8.02. The Labute approximate surface area is 149 Å². The lowest BCUT2D eigenvalue weighted by Gasteiger charge is -2.22. The number of benzene rings is 2. The number of ether oxygens (including phenoxy) is 1. The molecule has 1 aliphatic carbocycles. The first-order chi connectivity index (χ1) is 12.3. The first kappa shape index (κ1) is 17.3. The largest absolute Gasteiger partial charge is 0.448 e. The van der Waals surface area contributed by atoms with Crippen molar-refractivity contribution in [2.75, 3.05) is 19.7 Å². The Balaban J connectivity index is 1.70. The van der Waals surface area contributed by atoms with Gasteiger partial charge in [0.25, 0.3) is 0 Å². The van der Waals surface area contributed by atoms with Crippen LogP contribution >= 0.6 is 0 Å². The van der Waals surface area contributed by atoms with E-state index in [0.29, 0.717) is 19.7 Å². The summed E-state index contributed by atoms with van der Waals surface area (Å²) in [6, 6.07) is 16.8. The molecule has 3 heteroatoms. The SMILES string of the molecule is C=CCCCN(CC)C(=O)OCC1c2ccccc2-c2ccccc21. The minimum atomic E-state index is -0.228. The number of carbonyl (C=O) groups is 1. The van der Waals surface area contributed by atoms with Crippen molar-refractivity contribution < 1.29 is 9.53 Å². The van der Waals surface area contributed by atoms with Gasteiger partial charge in [0.1, 0.15) is 6.61 Å². The van der Waals surface area contributed by atoms with Crippen LogP contribution in [0.4, 0.5) is 4.79 Å². The van der Waals surface area contributed by atoms with E-state index in [1.807, 2.05) is 25.1 Å². The van der Waals surface area contributed by atoms with Crippen LogP contribution in [0, 0.1) is 0 Å². The zero-order valence-corrected chi connectivity index (χ0v) is 14.8. The Morgan fingerprint density at radius 3 is 2.28 bits per heavy atom. The van der Waals surface area contributed by atoms with Gasteiger partial charge in [-0.3, -0.25) is 0 Å². The summed E-state index contributed by atoms with van der Waals surface area (Å²) in [5.74, 6) is 0.114. The van der Waals surface area contributed by atoms with Gasteiger partial charge in [0.05, 0.1) is 0 Å². The molecule has 0 saturated heterocycles. The molecule has 0 heterocycles. The van der Waals surface area contributed by atoms with Gasteiger partial charge in [0, 0.05) is 19.0 Å². The van der Waals surface area contributed by atoms with Crippen LogP contribution < -0.4 is 0 Å². The number of fused-ring (bicyclic) bond motifs is 3. The Kier molecular flexibility index (Phi) is 5.54. The molecule has 25 heavy (non-hydrogen) atoms. The van der Waals surface area contributed by atoms with Gasteiger partial charge in [0.15, 0.2) is 0 Å². The van der Waals surface area contributed by atoms with E-state index in [9.17, 15) is 4.79 Å². The predicted octanol–water partition coefficient (Wildman–Crippen LogP) is 5.22. The average molecular weight is 335 g/mol. The molecule has 0 radical (unpaired) electrons. The molecular formula is C22H25NO2. The molecular weight excluding hydrogens is 310 g/mol. The fraction of sp³-hybridized carbons (Fsp3) is 0.318. The van der Waals surface area contributed by atoms with Crippen molar-refractivity contribution in [1.82, 2.24) is 4.90 Å². The Hall–Kier alpha value is -2.55. The van der Waals surface area contributed by atoms with Crippen LogP contribution in [0.3, 0.4) is 0 Å². The molecule has 0 N–H and O–H groups in total. The number of hydrogen-bond acceptors (Lipinski definition) is 2. The lowest BCUT2D eigenvalue weighted by atomic mass is 9.98. The summed E-state index contributed by atoms with van der Waals surface area (Å²) in [5.41, 5.74) is 4.98. The van der Waals surface area contributed by atoms with Gasteiger partial charge in [-0.15, -0.1) is 6.58 Å². The van der Waals surface area contributed by atoms with Gasteiger partial charge in [-0.05, 0) is 42.0 Å². The molecule has 0 fully saturated rings. The third-order valence-electron chi connectivity index (χ3n) is 4.81. The summed E-state index contributed by atoms with van der Waals surface area (Å²) in [6.07, 6.45) is 3.48. The van der Waals surface area contributed by atoms with Crippen molar-refractivity contribution >= 4 is 6.09 Å². The maximum Gasteiger partial charge on any atom is 0.409 e. The lowest BCUT2D eigenvalue weighted by molar-refractivity contribution is 0.101. The van der Waals surface area contributed by atoms with Crippen molar-refractivity contribution in [2.45, 2.75) is 25.7 Å². The highest BCUT2D eigenvalue weighted by Crippen LogP contribution is 2.44. The second-order valence-electron chi connectivity index (χ2n) is 6.31. The van der Waals surface area contributed by atoms with E-state index in [2.05, 4.69) is 43.0 Å². The first-order valence-electron chi connectivity index (χ1n) is 8.97.